The van der Waals surface area contributed by atoms with E-state index in [1.807, 2.05) is 19.1 Å². The highest BCUT2D eigenvalue weighted by Gasteiger charge is 2.20. The van der Waals surface area contributed by atoms with Gasteiger partial charge in [-0.1, -0.05) is 19.9 Å². The van der Waals surface area contributed by atoms with E-state index >= 15 is 0 Å². The summed E-state index contributed by atoms with van der Waals surface area (Å²) in [6, 6.07) is 6.19. The molecule has 3 N–H and O–H groups in total. The summed E-state index contributed by atoms with van der Waals surface area (Å²) in [5.74, 6) is 0.532. The summed E-state index contributed by atoms with van der Waals surface area (Å²) in [5, 5.41) is 3.06. The van der Waals surface area contributed by atoms with E-state index in [1.54, 1.807) is 0 Å². The third-order valence-electron chi connectivity index (χ3n) is 4.05. The molecule has 0 spiro atoms. The van der Waals surface area contributed by atoms with Crippen LogP contribution in [0.5, 0.6) is 0 Å². The number of hydrogen-bond acceptors (Lipinski definition) is 3. The first-order valence-corrected chi connectivity index (χ1v) is 7.40. The molecular formula is C16H25N3O. The molecule has 1 aliphatic rings. The number of aryl methyl sites for hydroxylation is 1. The molecule has 0 saturated heterocycles. The molecule has 1 amide bonds. The van der Waals surface area contributed by atoms with Crippen molar-refractivity contribution in [2.45, 2.75) is 39.7 Å². The zero-order chi connectivity index (χ0) is 14.7. The van der Waals surface area contributed by atoms with Gasteiger partial charge < -0.3 is 16.0 Å². The molecular weight excluding hydrogens is 250 g/mol. The number of benzene rings is 1. The summed E-state index contributed by atoms with van der Waals surface area (Å²) in [5.41, 5.74) is 9.03. The van der Waals surface area contributed by atoms with Crippen molar-refractivity contribution in [3.8, 4) is 0 Å². The van der Waals surface area contributed by atoms with Crippen molar-refractivity contribution in [1.29, 1.82) is 0 Å². The number of fused-ring (bicyclic) bond motifs is 1. The fourth-order valence-electron chi connectivity index (χ4n) is 2.47. The molecule has 1 unspecified atom stereocenters. The molecule has 0 radical (unpaired) electrons. The molecule has 4 nitrogen and oxygen atoms in total. The van der Waals surface area contributed by atoms with Gasteiger partial charge in [0.2, 0.25) is 5.91 Å². The highest BCUT2D eigenvalue weighted by molar-refractivity contribution is 5.82. The molecule has 1 aromatic rings. The smallest absolute Gasteiger partial charge is 0.239 e. The number of hydrogen-bond donors (Lipinski definition) is 2. The quantitative estimate of drug-likeness (QED) is 0.828. The van der Waals surface area contributed by atoms with Crippen LogP contribution >= 0.6 is 0 Å². The van der Waals surface area contributed by atoms with Crippen LogP contribution in [0.4, 0.5) is 11.4 Å². The molecule has 0 fully saturated rings. The second kappa shape index (κ2) is 6.16. The van der Waals surface area contributed by atoms with Crippen LogP contribution in [-0.2, 0) is 11.2 Å². The fourth-order valence-corrected chi connectivity index (χ4v) is 2.47. The van der Waals surface area contributed by atoms with E-state index in [4.69, 9.17) is 5.73 Å². The van der Waals surface area contributed by atoms with Crippen LogP contribution in [0.15, 0.2) is 18.2 Å². The minimum absolute atomic E-state index is 0.0847. The highest BCUT2D eigenvalue weighted by atomic mass is 16.2. The van der Waals surface area contributed by atoms with E-state index < -0.39 is 0 Å². The van der Waals surface area contributed by atoms with E-state index in [2.05, 4.69) is 30.1 Å². The van der Waals surface area contributed by atoms with Gasteiger partial charge in [-0.25, -0.2) is 0 Å². The molecule has 0 aromatic heterocycles. The normalized spacial score (nSPS) is 15.9. The standard InChI is InChI=1S/C16H25N3O/c1-11(2)12(3)18-16(20)10-19-8-4-5-13-6-7-14(17)9-15(13)19/h6-7,9,11-12H,4-5,8,10,17H2,1-3H3,(H,18,20). The summed E-state index contributed by atoms with van der Waals surface area (Å²) in [6.45, 7) is 7.60. The summed E-state index contributed by atoms with van der Waals surface area (Å²) >= 11 is 0. The van der Waals surface area contributed by atoms with Crippen molar-refractivity contribution in [1.82, 2.24) is 5.32 Å². The van der Waals surface area contributed by atoms with Crippen LogP contribution in [0.3, 0.4) is 0 Å². The number of carbonyl (C=O) groups is 1. The molecule has 1 heterocycles. The largest absolute Gasteiger partial charge is 0.399 e. The Morgan fingerprint density at radius 2 is 2.15 bits per heavy atom. The van der Waals surface area contributed by atoms with Gasteiger partial charge in [0.25, 0.3) is 0 Å². The monoisotopic (exact) mass is 275 g/mol. The Morgan fingerprint density at radius 1 is 1.40 bits per heavy atom. The maximum atomic E-state index is 12.1. The Balaban J connectivity index is 2.04. The fraction of sp³-hybridized carbons (Fsp3) is 0.562. The second-order valence-electron chi connectivity index (χ2n) is 6.01. The topological polar surface area (TPSA) is 58.4 Å². The van der Waals surface area contributed by atoms with Crippen molar-refractivity contribution >= 4 is 17.3 Å². The number of anilines is 2. The van der Waals surface area contributed by atoms with E-state index in [0.29, 0.717) is 12.5 Å². The van der Waals surface area contributed by atoms with Crippen LogP contribution in [0.2, 0.25) is 0 Å². The zero-order valence-corrected chi connectivity index (χ0v) is 12.6. The summed E-state index contributed by atoms with van der Waals surface area (Å²) in [7, 11) is 0. The third kappa shape index (κ3) is 3.44. The molecule has 110 valence electrons. The van der Waals surface area contributed by atoms with Crippen molar-refractivity contribution in [3.05, 3.63) is 23.8 Å². The third-order valence-corrected chi connectivity index (χ3v) is 4.05. The summed E-state index contributed by atoms with van der Waals surface area (Å²) in [6.07, 6.45) is 2.15. The van der Waals surface area contributed by atoms with Crippen molar-refractivity contribution in [2.75, 3.05) is 23.7 Å². The van der Waals surface area contributed by atoms with Gasteiger partial charge in [0.05, 0.1) is 6.54 Å². The van der Waals surface area contributed by atoms with Gasteiger partial charge in [-0.2, -0.15) is 0 Å². The lowest BCUT2D eigenvalue weighted by Gasteiger charge is -2.31. The number of nitrogens with zero attached hydrogens (tertiary/aromatic N) is 1. The number of nitrogens with two attached hydrogens (primary N) is 1. The van der Waals surface area contributed by atoms with Crippen molar-refractivity contribution in [3.63, 3.8) is 0 Å². The molecule has 4 heteroatoms. The van der Waals surface area contributed by atoms with Crippen LogP contribution in [0.1, 0.15) is 32.8 Å². The van der Waals surface area contributed by atoms with Gasteiger partial charge >= 0.3 is 0 Å². The Kier molecular flexibility index (Phi) is 4.53. The predicted molar refractivity (Wildman–Crippen MR) is 83.8 cm³/mol. The van der Waals surface area contributed by atoms with Gasteiger partial charge in [-0.3, -0.25) is 4.79 Å². The Labute approximate surface area is 121 Å². The molecule has 1 atom stereocenters. The lowest BCUT2D eigenvalue weighted by atomic mass is 10.0. The van der Waals surface area contributed by atoms with E-state index in [1.165, 1.54) is 5.56 Å². The van der Waals surface area contributed by atoms with Crippen LogP contribution in [0.25, 0.3) is 0 Å². The number of carbonyl (C=O) groups excluding carboxylic acids is 1. The number of rotatable bonds is 4. The van der Waals surface area contributed by atoms with Gasteiger partial charge in [-0.15, -0.1) is 0 Å². The zero-order valence-electron chi connectivity index (χ0n) is 12.6. The van der Waals surface area contributed by atoms with Gasteiger partial charge in [-0.05, 0) is 43.4 Å². The average Bonchev–Trinajstić information content (AvgIpc) is 2.39. The molecule has 0 bridgehead atoms. The minimum Gasteiger partial charge on any atom is -0.399 e. The molecule has 2 rings (SSSR count). The molecule has 20 heavy (non-hydrogen) atoms. The van der Waals surface area contributed by atoms with E-state index in [9.17, 15) is 4.79 Å². The molecule has 0 saturated carbocycles. The Morgan fingerprint density at radius 3 is 2.85 bits per heavy atom. The van der Waals surface area contributed by atoms with E-state index in [-0.39, 0.29) is 11.9 Å². The van der Waals surface area contributed by atoms with Crippen LogP contribution in [-0.4, -0.2) is 25.0 Å². The first kappa shape index (κ1) is 14.7. The first-order chi connectivity index (χ1) is 9.47. The average molecular weight is 275 g/mol. The van der Waals surface area contributed by atoms with Gasteiger partial charge in [0.1, 0.15) is 0 Å². The second-order valence-corrected chi connectivity index (χ2v) is 6.01. The lowest BCUT2D eigenvalue weighted by molar-refractivity contribution is -0.120. The Hall–Kier alpha value is -1.71. The molecule has 0 aliphatic carbocycles. The number of nitrogens with one attached hydrogen (secondary N) is 1. The number of nitrogen functional groups attached to an aromatic ring is 1. The maximum Gasteiger partial charge on any atom is 0.239 e. The summed E-state index contributed by atoms with van der Waals surface area (Å²) in [4.78, 5) is 14.3. The Bertz CT molecular complexity index is 485. The van der Waals surface area contributed by atoms with E-state index in [0.717, 1.165) is 30.8 Å². The van der Waals surface area contributed by atoms with Crippen LogP contribution in [0, 0.1) is 5.92 Å². The van der Waals surface area contributed by atoms with Gasteiger partial charge in [0, 0.05) is 24.0 Å². The van der Waals surface area contributed by atoms with Gasteiger partial charge in [0.15, 0.2) is 0 Å². The molecule has 1 aromatic carbocycles. The predicted octanol–water partition coefficient (Wildman–Crippen LogP) is 2.18. The highest BCUT2D eigenvalue weighted by Crippen LogP contribution is 2.28. The first-order valence-electron chi connectivity index (χ1n) is 7.40. The molecule has 1 aliphatic heterocycles. The maximum absolute atomic E-state index is 12.1. The van der Waals surface area contributed by atoms with Crippen molar-refractivity contribution in [2.24, 2.45) is 5.92 Å². The summed E-state index contributed by atoms with van der Waals surface area (Å²) < 4.78 is 0. The number of amides is 1. The van der Waals surface area contributed by atoms with Crippen molar-refractivity contribution < 1.29 is 4.79 Å². The van der Waals surface area contributed by atoms with Crippen LogP contribution < -0.4 is 16.0 Å². The lowest BCUT2D eigenvalue weighted by Crippen LogP contribution is -2.44. The SMILES string of the molecule is CC(C)C(C)NC(=O)CN1CCCc2ccc(N)cc21. The minimum atomic E-state index is 0.0847.